The number of sulfonamides is 1. The molecule has 0 saturated carbocycles. The molecule has 3 heterocycles. The molecule has 0 bridgehead atoms. The number of rotatable bonds is 5. The number of nitrogens with zero attached hydrogens (tertiary/aromatic N) is 4. The van der Waals surface area contributed by atoms with E-state index < -0.39 is 10.0 Å². The largest absolute Gasteiger partial charge is 0.454 e. The summed E-state index contributed by atoms with van der Waals surface area (Å²) in [4.78, 5) is 7.24. The number of fused-ring (bicyclic) bond motifs is 2. The van der Waals surface area contributed by atoms with Gasteiger partial charge in [0.25, 0.3) is 0 Å². The molecule has 29 heavy (non-hydrogen) atoms. The fourth-order valence-electron chi connectivity index (χ4n) is 3.55. The lowest BCUT2D eigenvalue weighted by atomic mass is 10.2. The monoisotopic (exact) mass is 416 g/mol. The Bertz CT molecular complexity index is 1150. The van der Waals surface area contributed by atoms with E-state index in [0.29, 0.717) is 35.6 Å². The number of aromatic nitrogens is 3. The molecule has 0 atom stereocenters. The van der Waals surface area contributed by atoms with Gasteiger partial charge in [0.1, 0.15) is 17.6 Å². The lowest BCUT2D eigenvalue weighted by Crippen LogP contribution is -2.35. The van der Waals surface area contributed by atoms with Crippen molar-refractivity contribution in [3.8, 4) is 11.5 Å². The smallest absolute Gasteiger partial charge is 0.243 e. The number of piperidine rings is 1. The molecule has 2 aromatic carbocycles. The highest BCUT2D eigenvalue weighted by molar-refractivity contribution is 7.89. The summed E-state index contributed by atoms with van der Waals surface area (Å²) < 4.78 is 38.1. The van der Waals surface area contributed by atoms with E-state index in [9.17, 15) is 8.42 Å². The van der Waals surface area contributed by atoms with Crippen LogP contribution < -0.4 is 14.3 Å². The van der Waals surface area contributed by atoms with E-state index in [-0.39, 0.29) is 18.3 Å². The Hall–Kier alpha value is -2.85. The van der Waals surface area contributed by atoms with Crippen molar-refractivity contribution in [2.75, 3.05) is 19.9 Å². The van der Waals surface area contributed by atoms with Crippen molar-refractivity contribution in [1.29, 1.82) is 0 Å². The van der Waals surface area contributed by atoms with Gasteiger partial charge >= 0.3 is 0 Å². The van der Waals surface area contributed by atoms with Crippen LogP contribution in [0.25, 0.3) is 11.0 Å². The lowest BCUT2D eigenvalue weighted by molar-refractivity contribution is 0.0750. The highest BCUT2D eigenvalue weighted by atomic mass is 32.2. The molecule has 2 aliphatic rings. The number of hydrogen-bond donors (Lipinski definition) is 0. The number of hydrogen-bond acceptors (Lipinski definition) is 7. The highest BCUT2D eigenvalue weighted by Gasteiger charge is 2.26. The predicted molar refractivity (Wildman–Crippen MR) is 103 cm³/mol. The van der Waals surface area contributed by atoms with Crippen LogP contribution in [0.4, 0.5) is 0 Å². The summed E-state index contributed by atoms with van der Waals surface area (Å²) in [6.45, 7) is 1.54. The first-order valence-corrected chi connectivity index (χ1v) is 10.9. The Kier molecular flexibility index (Phi) is 4.51. The third-order valence-electron chi connectivity index (χ3n) is 5.13. The van der Waals surface area contributed by atoms with Crippen LogP contribution in [0, 0.1) is 0 Å². The van der Waals surface area contributed by atoms with E-state index in [1.54, 1.807) is 22.5 Å². The van der Waals surface area contributed by atoms with E-state index in [1.807, 2.05) is 18.2 Å². The molecule has 3 aromatic rings. The molecule has 152 valence electrons. The molecule has 2 aliphatic heterocycles. The van der Waals surface area contributed by atoms with Gasteiger partial charge in [-0.2, -0.15) is 4.31 Å². The van der Waals surface area contributed by atoms with Crippen molar-refractivity contribution < 1.29 is 22.7 Å². The van der Waals surface area contributed by atoms with E-state index >= 15 is 0 Å². The van der Waals surface area contributed by atoms with Gasteiger partial charge in [-0.3, -0.25) is 0 Å². The molecular weight excluding hydrogens is 396 g/mol. The van der Waals surface area contributed by atoms with E-state index in [1.165, 1.54) is 4.85 Å². The van der Waals surface area contributed by atoms with E-state index in [4.69, 9.17) is 14.3 Å². The van der Waals surface area contributed by atoms with Gasteiger partial charge in [0.2, 0.25) is 16.8 Å². The molecule has 0 radical (unpaired) electrons. The average molecular weight is 416 g/mol. The van der Waals surface area contributed by atoms with Crippen molar-refractivity contribution in [3.05, 3.63) is 42.0 Å². The summed E-state index contributed by atoms with van der Waals surface area (Å²) in [7, 11) is -3.54. The van der Waals surface area contributed by atoms with Crippen LogP contribution in [0.3, 0.4) is 0 Å². The van der Waals surface area contributed by atoms with Gasteiger partial charge in [-0.15, -0.1) is 5.10 Å². The predicted octanol–water partition coefficient (Wildman–Crippen LogP) is 1.96. The van der Waals surface area contributed by atoms with Crippen molar-refractivity contribution in [2.45, 2.75) is 30.8 Å². The first kappa shape index (κ1) is 18.2. The Labute approximate surface area is 167 Å². The quantitative estimate of drug-likeness (QED) is 0.627. The van der Waals surface area contributed by atoms with Gasteiger partial charge in [-0.05, 0) is 54.0 Å². The zero-order valence-electron chi connectivity index (χ0n) is 15.7. The standard InChI is InChI=1S/C19H20N4O5S/c24-29(25,22-8-2-1-3-9-22)15-5-6-16-17(11-15)23(21-20-16)28-12-14-4-7-18-19(10-14)27-13-26-18/h4-7,10-11H,1-3,8-9,12-13H2. The van der Waals surface area contributed by atoms with Gasteiger partial charge in [0.05, 0.1) is 4.90 Å². The minimum Gasteiger partial charge on any atom is -0.454 e. The van der Waals surface area contributed by atoms with Crippen molar-refractivity contribution in [1.82, 2.24) is 19.5 Å². The van der Waals surface area contributed by atoms with Crippen LogP contribution in [-0.2, 0) is 16.6 Å². The topological polar surface area (TPSA) is 95.8 Å². The third kappa shape index (κ3) is 3.38. The molecule has 0 unspecified atom stereocenters. The average Bonchev–Trinajstić information content (AvgIpc) is 3.38. The molecular formula is C19H20N4O5S. The van der Waals surface area contributed by atoms with Gasteiger partial charge < -0.3 is 14.3 Å². The number of benzene rings is 2. The first-order valence-electron chi connectivity index (χ1n) is 9.49. The summed E-state index contributed by atoms with van der Waals surface area (Å²) in [6, 6.07) is 10.3. The molecule has 0 amide bonds. The summed E-state index contributed by atoms with van der Waals surface area (Å²) in [5.74, 6) is 1.37. The Balaban J connectivity index is 1.39. The normalized spacial score (nSPS) is 17.0. The third-order valence-corrected chi connectivity index (χ3v) is 7.02. The fraction of sp³-hybridized carbons (Fsp3) is 0.368. The SMILES string of the molecule is O=S(=O)(c1ccc2nnn(OCc3ccc4c(c3)OCO4)c2c1)N1CCCCC1. The highest BCUT2D eigenvalue weighted by Crippen LogP contribution is 2.32. The molecule has 5 rings (SSSR count). The van der Waals surface area contributed by atoms with Gasteiger partial charge in [0.15, 0.2) is 11.5 Å². The zero-order chi connectivity index (χ0) is 19.8. The molecule has 0 N–H and O–H groups in total. The summed E-state index contributed by atoms with van der Waals surface area (Å²) in [6.07, 6.45) is 2.84. The second kappa shape index (κ2) is 7.20. The van der Waals surface area contributed by atoms with Crippen molar-refractivity contribution >= 4 is 21.1 Å². The first-order chi connectivity index (χ1) is 14.1. The van der Waals surface area contributed by atoms with Crippen LogP contribution in [0.2, 0.25) is 0 Å². The van der Waals surface area contributed by atoms with Gasteiger partial charge in [-0.1, -0.05) is 17.3 Å². The Morgan fingerprint density at radius 3 is 2.69 bits per heavy atom. The van der Waals surface area contributed by atoms with E-state index in [2.05, 4.69) is 10.3 Å². The molecule has 10 heteroatoms. The zero-order valence-corrected chi connectivity index (χ0v) is 16.5. The summed E-state index contributed by atoms with van der Waals surface area (Å²) in [5, 5.41) is 8.06. The van der Waals surface area contributed by atoms with Crippen LogP contribution in [-0.4, -0.2) is 47.8 Å². The molecule has 0 spiro atoms. The second-order valence-electron chi connectivity index (χ2n) is 7.04. The molecule has 0 aliphatic carbocycles. The lowest BCUT2D eigenvalue weighted by Gasteiger charge is -2.25. The maximum atomic E-state index is 13.0. The molecule has 1 fully saturated rings. The maximum absolute atomic E-state index is 13.0. The fourth-order valence-corrected chi connectivity index (χ4v) is 5.09. The molecule has 9 nitrogen and oxygen atoms in total. The van der Waals surface area contributed by atoms with E-state index in [0.717, 1.165) is 24.8 Å². The van der Waals surface area contributed by atoms with Crippen molar-refractivity contribution in [3.63, 3.8) is 0 Å². The Morgan fingerprint density at radius 2 is 1.83 bits per heavy atom. The van der Waals surface area contributed by atoms with Crippen LogP contribution >= 0.6 is 0 Å². The minimum absolute atomic E-state index is 0.210. The minimum atomic E-state index is -3.54. The van der Waals surface area contributed by atoms with Crippen LogP contribution in [0.5, 0.6) is 11.5 Å². The Morgan fingerprint density at radius 1 is 1.00 bits per heavy atom. The van der Waals surface area contributed by atoms with Gasteiger partial charge in [-0.25, -0.2) is 8.42 Å². The van der Waals surface area contributed by atoms with Crippen LogP contribution in [0.15, 0.2) is 41.3 Å². The van der Waals surface area contributed by atoms with Crippen LogP contribution in [0.1, 0.15) is 24.8 Å². The maximum Gasteiger partial charge on any atom is 0.243 e. The molecule has 1 saturated heterocycles. The van der Waals surface area contributed by atoms with Crippen molar-refractivity contribution in [2.24, 2.45) is 0 Å². The van der Waals surface area contributed by atoms with Gasteiger partial charge in [0, 0.05) is 13.1 Å². The second-order valence-corrected chi connectivity index (χ2v) is 8.98. The number of ether oxygens (including phenoxy) is 2. The molecule has 1 aromatic heterocycles. The summed E-state index contributed by atoms with van der Waals surface area (Å²) in [5.41, 5.74) is 1.94. The summed E-state index contributed by atoms with van der Waals surface area (Å²) >= 11 is 0.